The van der Waals surface area contributed by atoms with E-state index >= 15 is 0 Å². The van der Waals surface area contributed by atoms with Gasteiger partial charge in [-0.3, -0.25) is 0 Å². The largest absolute Gasteiger partial charge is 0.385 e. The zero-order valence-corrected chi connectivity index (χ0v) is 15.6. The molecule has 0 aliphatic carbocycles. The fourth-order valence-electron chi connectivity index (χ4n) is 3.28. The Morgan fingerprint density at radius 2 is 2.12 bits per heavy atom. The number of ether oxygens (including phenoxy) is 1. The number of amides is 2. The number of likely N-dealkylation sites (tertiary alicyclic amines) is 1. The molecule has 0 spiro atoms. The van der Waals surface area contributed by atoms with Crippen LogP contribution in [0.1, 0.15) is 25.3 Å². The maximum atomic E-state index is 13.1. The first-order chi connectivity index (χ1) is 11.9. The lowest BCUT2D eigenvalue weighted by atomic mass is 9.90. The van der Waals surface area contributed by atoms with Gasteiger partial charge < -0.3 is 19.9 Å². The number of nitrogens with one attached hydrogen (secondary N) is 1. The van der Waals surface area contributed by atoms with E-state index in [1.807, 2.05) is 0 Å². The highest BCUT2D eigenvalue weighted by molar-refractivity contribution is 5.74. The molecule has 2 amide bonds. The van der Waals surface area contributed by atoms with Gasteiger partial charge in [0.1, 0.15) is 5.82 Å². The Morgan fingerprint density at radius 3 is 2.72 bits per heavy atom. The van der Waals surface area contributed by atoms with Crippen LogP contribution in [0.25, 0.3) is 0 Å². The molecule has 0 saturated carbocycles. The Labute approximate surface area is 150 Å². The third kappa shape index (κ3) is 6.29. The number of benzene rings is 1. The van der Waals surface area contributed by atoms with Crippen molar-refractivity contribution in [3.63, 3.8) is 0 Å². The molecule has 2 rings (SSSR count). The number of halogens is 1. The highest BCUT2D eigenvalue weighted by Crippen LogP contribution is 2.27. The van der Waals surface area contributed by atoms with Crippen LogP contribution in [0.4, 0.5) is 9.18 Å². The molecule has 140 valence electrons. The fourth-order valence-corrected chi connectivity index (χ4v) is 3.28. The van der Waals surface area contributed by atoms with Crippen molar-refractivity contribution in [2.45, 2.75) is 26.3 Å². The summed E-state index contributed by atoms with van der Waals surface area (Å²) in [4.78, 5) is 16.7. The van der Waals surface area contributed by atoms with Crippen LogP contribution in [0.15, 0.2) is 24.3 Å². The lowest BCUT2D eigenvalue weighted by Gasteiger charge is -2.28. The predicted molar refractivity (Wildman–Crippen MR) is 96.9 cm³/mol. The average molecular weight is 351 g/mol. The third-order valence-electron chi connectivity index (χ3n) is 4.77. The molecule has 0 radical (unpaired) electrons. The minimum absolute atomic E-state index is 0.0730. The van der Waals surface area contributed by atoms with Gasteiger partial charge >= 0.3 is 6.03 Å². The second-order valence-electron chi connectivity index (χ2n) is 7.35. The van der Waals surface area contributed by atoms with Gasteiger partial charge in [-0.15, -0.1) is 0 Å². The minimum atomic E-state index is -0.266. The molecule has 1 aliphatic rings. The van der Waals surface area contributed by atoms with Crippen molar-refractivity contribution < 1.29 is 13.9 Å². The summed E-state index contributed by atoms with van der Waals surface area (Å²) in [6.45, 7) is 6.62. The van der Waals surface area contributed by atoms with E-state index in [4.69, 9.17) is 4.74 Å². The predicted octanol–water partition coefficient (Wildman–Crippen LogP) is 2.72. The van der Waals surface area contributed by atoms with Crippen molar-refractivity contribution in [3.8, 4) is 0 Å². The average Bonchev–Trinajstić information content (AvgIpc) is 2.93. The first-order valence-electron chi connectivity index (χ1n) is 8.86. The second kappa shape index (κ2) is 9.15. The standard InChI is InChI=1S/C19H30FN3O2/c1-19(9-11-22(2)15-19)14-21-18(24)23(10-4-12-25-3)13-16-5-7-17(20)8-6-16/h5-8H,4,9-15H2,1-3H3,(H,21,24). The summed E-state index contributed by atoms with van der Waals surface area (Å²) in [5.41, 5.74) is 1.04. The quantitative estimate of drug-likeness (QED) is 0.733. The van der Waals surface area contributed by atoms with E-state index in [2.05, 4.69) is 24.2 Å². The van der Waals surface area contributed by atoms with Crippen LogP contribution in [-0.4, -0.2) is 62.8 Å². The van der Waals surface area contributed by atoms with E-state index in [9.17, 15) is 9.18 Å². The number of hydrogen-bond donors (Lipinski definition) is 1. The van der Waals surface area contributed by atoms with Crippen molar-refractivity contribution in [2.24, 2.45) is 5.41 Å². The molecule has 1 aliphatic heterocycles. The van der Waals surface area contributed by atoms with Crippen LogP contribution in [-0.2, 0) is 11.3 Å². The van der Waals surface area contributed by atoms with E-state index in [1.165, 1.54) is 12.1 Å². The van der Waals surface area contributed by atoms with E-state index in [1.54, 1.807) is 24.1 Å². The molecule has 5 nitrogen and oxygen atoms in total. The van der Waals surface area contributed by atoms with Gasteiger partial charge in [0.15, 0.2) is 0 Å². The molecule has 1 N–H and O–H groups in total. The van der Waals surface area contributed by atoms with Crippen LogP contribution >= 0.6 is 0 Å². The van der Waals surface area contributed by atoms with Crippen molar-refractivity contribution in [1.82, 2.24) is 15.1 Å². The van der Waals surface area contributed by atoms with Gasteiger partial charge in [-0.1, -0.05) is 19.1 Å². The van der Waals surface area contributed by atoms with Crippen molar-refractivity contribution >= 4 is 6.03 Å². The molecular weight excluding hydrogens is 321 g/mol. The van der Waals surface area contributed by atoms with Crippen LogP contribution in [0.5, 0.6) is 0 Å². The normalized spacial score (nSPS) is 20.6. The molecule has 1 aromatic rings. The molecule has 1 fully saturated rings. The zero-order chi connectivity index (χ0) is 18.3. The first-order valence-corrected chi connectivity index (χ1v) is 8.86. The van der Waals surface area contributed by atoms with E-state index in [0.717, 1.165) is 31.5 Å². The number of hydrogen-bond acceptors (Lipinski definition) is 3. The van der Waals surface area contributed by atoms with E-state index < -0.39 is 0 Å². The summed E-state index contributed by atoms with van der Waals surface area (Å²) in [6.07, 6.45) is 1.86. The SMILES string of the molecule is COCCCN(Cc1ccc(F)cc1)C(=O)NCC1(C)CCN(C)C1. The topological polar surface area (TPSA) is 44.8 Å². The fraction of sp³-hybridized carbons (Fsp3) is 0.632. The minimum Gasteiger partial charge on any atom is -0.385 e. The monoisotopic (exact) mass is 351 g/mol. The summed E-state index contributed by atoms with van der Waals surface area (Å²) < 4.78 is 18.2. The second-order valence-corrected chi connectivity index (χ2v) is 7.35. The molecule has 25 heavy (non-hydrogen) atoms. The Hall–Kier alpha value is -1.66. The lowest BCUT2D eigenvalue weighted by molar-refractivity contribution is 0.163. The van der Waals surface area contributed by atoms with Gasteiger partial charge in [0.2, 0.25) is 0 Å². The van der Waals surface area contributed by atoms with Gasteiger partial charge in [-0.2, -0.15) is 0 Å². The molecule has 6 heteroatoms. The van der Waals surface area contributed by atoms with Crippen molar-refractivity contribution in [2.75, 3.05) is 46.9 Å². The van der Waals surface area contributed by atoms with E-state index in [0.29, 0.717) is 26.2 Å². The Morgan fingerprint density at radius 1 is 1.40 bits per heavy atom. The van der Waals surface area contributed by atoms with Gasteiger partial charge in [0.05, 0.1) is 0 Å². The Kier molecular flexibility index (Phi) is 7.20. The highest BCUT2D eigenvalue weighted by atomic mass is 19.1. The highest BCUT2D eigenvalue weighted by Gasteiger charge is 2.32. The van der Waals surface area contributed by atoms with Gasteiger partial charge in [-0.25, -0.2) is 9.18 Å². The van der Waals surface area contributed by atoms with Crippen LogP contribution < -0.4 is 5.32 Å². The van der Waals surface area contributed by atoms with Crippen LogP contribution in [0.3, 0.4) is 0 Å². The number of carbonyl (C=O) groups excluding carboxylic acids is 1. The van der Waals surface area contributed by atoms with Gasteiger partial charge in [0, 0.05) is 39.9 Å². The van der Waals surface area contributed by atoms with Gasteiger partial charge in [0.25, 0.3) is 0 Å². The summed E-state index contributed by atoms with van der Waals surface area (Å²) in [5.74, 6) is -0.266. The number of nitrogens with zero attached hydrogens (tertiary/aromatic N) is 2. The van der Waals surface area contributed by atoms with Crippen LogP contribution in [0.2, 0.25) is 0 Å². The number of rotatable bonds is 8. The van der Waals surface area contributed by atoms with E-state index in [-0.39, 0.29) is 17.3 Å². The molecule has 1 unspecified atom stereocenters. The maximum Gasteiger partial charge on any atom is 0.317 e. The first kappa shape index (κ1) is 19.7. The molecule has 0 aromatic heterocycles. The zero-order valence-electron chi connectivity index (χ0n) is 15.6. The third-order valence-corrected chi connectivity index (χ3v) is 4.77. The smallest absolute Gasteiger partial charge is 0.317 e. The van der Waals surface area contributed by atoms with Crippen molar-refractivity contribution in [3.05, 3.63) is 35.6 Å². The Bertz CT molecular complexity index is 552. The van der Waals surface area contributed by atoms with Crippen molar-refractivity contribution in [1.29, 1.82) is 0 Å². The lowest BCUT2D eigenvalue weighted by Crippen LogP contribution is -2.45. The number of methoxy groups -OCH3 is 1. The Balaban J connectivity index is 1.93. The molecule has 1 saturated heterocycles. The number of carbonyl (C=O) groups is 1. The number of urea groups is 1. The summed E-state index contributed by atoms with van der Waals surface area (Å²) in [6, 6.07) is 6.22. The summed E-state index contributed by atoms with van der Waals surface area (Å²) >= 11 is 0. The van der Waals surface area contributed by atoms with Gasteiger partial charge in [-0.05, 0) is 49.5 Å². The summed E-state index contributed by atoms with van der Waals surface area (Å²) in [7, 11) is 3.76. The maximum absolute atomic E-state index is 13.1. The molecule has 1 heterocycles. The molecule has 1 aromatic carbocycles. The molecule has 0 bridgehead atoms. The molecular formula is C19H30FN3O2. The van der Waals surface area contributed by atoms with Crippen LogP contribution in [0, 0.1) is 11.2 Å². The molecule has 1 atom stereocenters. The summed E-state index contributed by atoms with van der Waals surface area (Å²) in [5, 5.41) is 3.09.